The summed E-state index contributed by atoms with van der Waals surface area (Å²) in [6, 6.07) is 12.2. The zero-order chi connectivity index (χ0) is 14.5. The van der Waals surface area contributed by atoms with Crippen LogP contribution in [0.2, 0.25) is 0 Å². The summed E-state index contributed by atoms with van der Waals surface area (Å²) in [5.41, 5.74) is 3.25. The Labute approximate surface area is 128 Å². The third-order valence-corrected chi connectivity index (χ3v) is 3.96. The van der Waals surface area contributed by atoms with E-state index in [2.05, 4.69) is 33.3 Å². The van der Waals surface area contributed by atoms with Crippen LogP contribution < -0.4 is 5.32 Å². The predicted molar refractivity (Wildman–Crippen MR) is 86.5 cm³/mol. The Kier molecular flexibility index (Phi) is 4.52. The molecular weight excluding hydrogens is 280 g/mol. The van der Waals surface area contributed by atoms with Crippen molar-refractivity contribution >= 4 is 22.8 Å². The first kappa shape index (κ1) is 14.1. The molecule has 0 radical (unpaired) electrons. The topological polar surface area (TPSA) is 53.6 Å². The van der Waals surface area contributed by atoms with Crippen molar-refractivity contribution in [2.75, 3.05) is 6.54 Å². The van der Waals surface area contributed by atoms with E-state index in [1.807, 2.05) is 36.5 Å². The van der Waals surface area contributed by atoms with E-state index in [-0.39, 0.29) is 0 Å². The number of nitrogens with zero attached hydrogens (tertiary/aromatic N) is 2. The third-order valence-electron chi connectivity index (χ3n) is 3.12. The number of nitrogens with one attached hydrogen (secondary N) is 2. The van der Waals surface area contributed by atoms with Crippen molar-refractivity contribution in [3.05, 3.63) is 48.2 Å². The lowest BCUT2D eigenvalue weighted by Crippen LogP contribution is -2.13. The van der Waals surface area contributed by atoms with Crippen molar-refractivity contribution in [1.82, 2.24) is 20.3 Å². The molecule has 5 heteroatoms. The Morgan fingerprint density at radius 3 is 2.86 bits per heavy atom. The van der Waals surface area contributed by atoms with Crippen molar-refractivity contribution in [2.45, 2.75) is 30.1 Å². The van der Waals surface area contributed by atoms with Crippen LogP contribution in [0, 0.1) is 0 Å². The highest BCUT2D eigenvalue weighted by Gasteiger charge is 2.05. The summed E-state index contributed by atoms with van der Waals surface area (Å²) in [7, 11) is 0. The Morgan fingerprint density at radius 1 is 1.19 bits per heavy atom. The van der Waals surface area contributed by atoms with E-state index < -0.39 is 0 Å². The minimum atomic E-state index is 0.871. The van der Waals surface area contributed by atoms with Crippen LogP contribution in [-0.2, 0) is 6.54 Å². The summed E-state index contributed by atoms with van der Waals surface area (Å²) < 4.78 is 0. The second-order valence-corrected chi connectivity index (χ2v) is 5.85. The number of pyridine rings is 1. The molecule has 2 heterocycles. The Balaban J connectivity index is 1.67. The zero-order valence-corrected chi connectivity index (χ0v) is 12.8. The first-order chi connectivity index (χ1) is 10.3. The molecule has 108 valence electrons. The minimum Gasteiger partial charge on any atom is -0.333 e. The highest BCUT2D eigenvalue weighted by atomic mass is 32.2. The molecule has 0 fully saturated rings. The smallest absolute Gasteiger partial charge is 0.172 e. The molecule has 0 aliphatic rings. The molecule has 3 aromatic rings. The fourth-order valence-corrected chi connectivity index (χ4v) is 2.81. The first-order valence-corrected chi connectivity index (χ1v) is 7.95. The lowest BCUT2D eigenvalue weighted by atomic mass is 10.3. The van der Waals surface area contributed by atoms with Gasteiger partial charge in [0, 0.05) is 12.7 Å². The van der Waals surface area contributed by atoms with Crippen LogP contribution in [0.3, 0.4) is 0 Å². The van der Waals surface area contributed by atoms with Crippen LogP contribution in [0.5, 0.6) is 0 Å². The van der Waals surface area contributed by atoms with Crippen LogP contribution in [0.25, 0.3) is 11.0 Å². The standard InChI is InChI=1S/C16H18N4S/c1-2-9-17-10-12-7-8-15(18-11-12)21-16-19-13-5-3-4-6-14(13)20-16/h3-8,11,17H,2,9-10H2,1H3,(H,19,20). The normalized spacial score (nSPS) is 11.1. The number of rotatable bonds is 6. The summed E-state index contributed by atoms with van der Waals surface area (Å²) in [4.78, 5) is 12.3. The second-order valence-electron chi connectivity index (χ2n) is 4.84. The highest BCUT2D eigenvalue weighted by molar-refractivity contribution is 7.99. The predicted octanol–water partition coefficient (Wildman–Crippen LogP) is 3.61. The number of hydrogen-bond donors (Lipinski definition) is 2. The molecule has 3 rings (SSSR count). The molecule has 0 spiro atoms. The number of H-pyrrole nitrogens is 1. The van der Waals surface area contributed by atoms with Gasteiger partial charge in [0.2, 0.25) is 0 Å². The van der Waals surface area contributed by atoms with Crippen molar-refractivity contribution in [3.8, 4) is 0 Å². The van der Waals surface area contributed by atoms with E-state index in [1.165, 1.54) is 5.56 Å². The highest BCUT2D eigenvalue weighted by Crippen LogP contribution is 2.25. The van der Waals surface area contributed by atoms with Gasteiger partial charge in [-0.15, -0.1) is 0 Å². The maximum absolute atomic E-state index is 4.55. The van der Waals surface area contributed by atoms with Gasteiger partial charge in [-0.3, -0.25) is 0 Å². The average Bonchev–Trinajstić information content (AvgIpc) is 2.91. The summed E-state index contributed by atoms with van der Waals surface area (Å²) in [6.45, 7) is 4.07. The van der Waals surface area contributed by atoms with Crippen molar-refractivity contribution < 1.29 is 0 Å². The zero-order valence-electron chi connectivity index (χ0n) is 12.0. The molecule has 21 heavy (non-hydrogen) atoms. The van der Waals surface area contributed by atoms with E-state index in [9.17, 15) is 0 Å². The van der Waals surface area contributed by atoms with Crippen LogP contribution in [0.4, 0.5) is 0 Å². The van der Waals surface area contributed by atoms with Crippen molar-refractivity contribution in [1.29, 1.82) is 0 Å². The lowest BCUT2D eigenvalue weighted by Gasteiger charge is -2.03. The number of para-hydroxylation sites is 2. The molecule has 4 nitrogen and oxygen atoms in total. The second kappa shape index (κ2) is 6.74. The molecular formula is C16H18N4S. The van der Waals surface area contributed by atoms with Crippen LogP contribution in [0.1, 0.15) is 18.9 Å². The molecule has 0 saturated heterocycles. The Hall–Kier alpha value is -1.85. The maximum Gasteiger partial charge on any atom is 0.172 e. The number of hydrogen-bond acceptors (Lipinski definition) is 4. The van der Waals surface area contributed by atoms with Crippen LogP contribution in [-0.4, -0.2) is 21.5 Å². The molecule has 0 amide bonds. The van der Waals surface area contributed by atoms with E-state index >= 15 is 0 Å². The number of fused-ring (bicyclic) bond motifs is 1. The van der Waals surface area contributed by atoms with E-state index in [1.54, 1.807) is 11.8 Å². The minimum absolute atomic E-state index is 0.871. The monoisotopic (exact) mass is 298 g/mol. The van der Waals surface area contributed by atoms with E-state index in [0.29, 0.717) is 0 Å². The summed E-state index contributed by atoms with van der Waals surface area (Å²) in [6.07, 6.45) is 3.07. The maximum atomic E-state index is 4.55. The molecule has 0 atom stereocenters. The molecule has 0 aliphatic carbocycles. The number of benzene rings is 1. The summed E-state index contributed by atoms with van der Waals surface area (Å²) in [5, 5.41) is 5.20. The van der Waals surface area contributed by atoms with Crippen molar-refractivity contribution in [2.24, 2.45) is 0 Å². The third kappa shape index (κ3) is 3.62. The summed E-state index contributed by atoms with van der Waals surface area (Å²) >= 11 is 1.55. The molecule has 0 bridgehead atoms. The Morgan fingerprint density at radius 2 is 2.10 bits per heavy atom. The van der Waals surface area contributed by atoms with Gasteiger partial charge in [-0.25, -0.2) is 9.97 Å². The van der Waals surface area contributed by atoms with Gasteiger partial charge >= 0.3 is 0 Å². The molecule has 0 aliphatic heterocycles. The Bertz CT molecular complexity index is 673. The largest absolute Gasteiger partial charge is 0.333 e. The van der Waals surface area contributed by atoms with Gasteiger partial charge in [0.05, 0.1) is 11.0 Å². The molecule has 1 aromatic carbocycles. The quantitative estimate of drug-likeness (QED) is 0.683. The first-order valence-electron chi connectivity index (χ1n) is 7.13. The van der Waals surface area contributed by atoms with Crippen LogP contribution >= 0.6 is 11.8 Å². The van der Waals surface area contributed by atoms with Crippen molar-refractivity contribution in [3.63, 3.8) is 0 Å². The SMILES string of the molecule is CCCNCc1ccc(Sc2nc3ccccc3[nH]2)nc1. The summed E-state index contributed by atoms with van der Waals surface area (Å²) in [5.74, 6) is 0. The van der Waals surface area contributed by atoms with Gasteiger partial charge in [-0.05, 0) is 48.5 Å². The number of aromatic nitrogens is 3. The fourth-order valence-electron chi connectivity index (χ4n) is 2.06. The number of aromatic amines is 1. The van der Waals surface area contributed by atoms with Gasteiger partial charge in [0.25, 0.3) is 0 Å². The van der Waals surface area contributed by atoms with E-state index in [4.69, 9.17) is 0 Å². The van der Waals surface area contributed by atoms with Gasteiger partial charge in [-0.1, -0.05) is 25.1 Å². The fraction of sp³-hybridized carbons (Fsp3) is 0.250. The van der Waals surface area contributed by atoms with Gasteiger partial charge in [0.1, 0.15) is 5.03 Å². The van der Waals surface area contributed by atoms with E-state index in [0.717, 1.165) is 40.7 Å². The van der Waals surface area contributed by atoms with Crippen LogP contribution in [0.15, 0.2) is 52.8 Å². The number of imidazole rings is 1. The molecule has 2 aromatic heterocycles. The average molecular weight is 298 g/mol. The van der Waals surface area contributed by atoms with Gasteiger partial charge < -0.3 is 10.3 Å². The molecule has 0 saturated carbocycles. The molecule has 2 N–H and O–H groups in total. The van der Waals surface area contributed by atoms with Gasteiger partial charge in [0.15, 0.2) is 5.16 Å². The van der Waals surface area contributed by atoms with Gasteiger partial charge in [-0.2, -0.15) is 0 Å². The lowest BCUT2D eigenvalue weighted by molar-refractivity contribution is 0.673. The molecule has 0 unspecified atom stereocenters.